The SMILES string of the molecule is [NH3+]C1C(O)C(O[C@@H]2OC(CO)[C@H](O)[C@H](O)C2O)C(CO)O[C@H]1O. The van der Waals surface area contributed by atoms with Crippen molar-refractivity contribution in [3.63, 3.8) is 0 Å². The van der Waals surface area contributed by atoms with Crippen LogP contribution in [0.5, 0.6) is 0 Å². The summed E-state index contributed by atoms with van der Waals surface area (Å²) in [6, 6.07) is -0.979. The summed E-state index contributed by atoms with van der Waals surface area (Å²) in [5.41, 5.74) is 3.53. The fourth-order valence-corrected chi connectivity index (χ4v) is 2.64. The molecular formula is C12H24NO10+. The van der Waals surface area contributed by atoms with Gasteiger partial charge in [0.25, 0.3) is 0 Å². The van der Waals surface area contributed by atoms with Gasteiger partial charge in [-0.2, -0.15) is 0 Å². The molecule has 10 atom stereocenters. The highest BCUT2D eigenvalue weighted by molar-refractivity contribution is 4.93. The van der Waals surface area contributed by atoms with Gasteiger partial charge in [-0.25, -0.2) is 0 Å². The molecule has 23 heavy (non-hydrogen) atoms. The van der Waals surface area contributed by atoms with Gasteiger partial charge < -0.3 is 55.7 Å². The van der Waals surface area contributed by atoms with Crippen LogP contribution in [0, 0.1) is 0 Å². The minimum absolute atomic E-state index is 0.594. The number of ether oxygens (including phenoxy) is 3. The van der Waals surface area contributed by atoms with E-state index >= 15 is 0 Å². The van der Waals surface area contributed by atoms with E-state index in [1.54, 1.807) is 0 Å². The zero-order valence-electron chi connectivity index (χ0n) is 12.3. The van der Waals surface area contributed by atoms with Crippen molar-refractivity contribution in [1.82, 2.24) is 0 Å². The van der Waals surface area contributed by atoms with Crippen LogP contribution in [0.4, 0.5) is 0 Å². The Morgan fingerprint density at radius 3 is 1.96 bits per heavy atom. The van der Waals surface area contributed by atoms with Gasteiger partial charge in [-0.15, -0.1) is 0 Å². The third-order valence-corrected chi connectivity index (χ3v) is 4.14. The van der Waals surface area contributed by atoms with Crippen LogP contribution in [0.3, 0.4) is 0 Å². The molecule has 0 radical (unpaired) electrons. The number of aliphatic hydroxyl groups is 7. The van der Waals surface area contributed by atoms with Crippen molar-refractivity contribution >= 4 is 0 Å². The molecule has 0 spiro atoms. The summed E-state index contributed by atoms with van der Waals surface area (Å²) in [6.45, 7) is -1.22. The molecule has 10 N–H and O–H groups in total. The first-order valence-corrected chi connectivity index (χ1v) is 7.23. The Bertz CT molecular complexity index is 383. The predicted octanol–water partition coefficient (Wildman–Crippen LogP) is -6.15. The third-order valence-electron chi connectivity index (χ3n) is 4.14. The van der Waals surface area contributed by atoms with Crippen molar-refractivity contribution in [2.24, 2.45) is 0 Å². The number of hydrogen-bond acceptors (Lipinski definition) is 10. The Labute approximate surface area is 131 Å². The topological polar surface area (TPSA) is 197 Å². The number of hydrogen-bond donors (Lipinski definition) is 8. The Hall–Kier alpha value is -0.440. The van der Waals surface area contributed by atoms with E-state index in [2.05, 4.69) is 5.73 Å². The molecule has 136 valence electrons. The van der Waals surface area contributed by atoms with E-state index in [0.717, 1.165) is 0 Å². The zero-order chi connectivity index (χ0) is 17.3. The second-order valence-corrected chi connectivity index (χ2v) is 5.70. The summed E-state index contributed by atoms with van der Waals surface area (Å²) in [6.07, 6.45) is -12.6. The van der Waals surface area contributed by atoms with E-state index in [1.165, 1.54) is 0 Å². The first-order valence-electron chi connectivity index (χ1n) is 7.23. The summed E-state index contributed by atoms with van der Waals surface area (Å²) >= 11 is 0. The van der Waals surface area contributed by atoms with Crippen LogP contribution >= 0.6 is 0 Å². The first-order chi connectivity index (χ1) is 10.8. The average Bonchev–Trinajstić information content (AvgIpc) is 2.55. The van der Waals surface area contributed by atoms with Gasteiger partial charge in [0, 0.05) is 0 Å². The lowest BCUT2D eigenvalue weighted by atomic mass is 9.96. The molecule has 0 amide bonds. The molecule has 6 unspecified atom stereocenters. The van der Waals surface area contributed by atoms with Crippen LogP contribution in [0.2, 0.25) is 0 Å². The monoisotopic (exact) mass is 342 g/mol. The van der Waals surface area contributed by atoms with Crippen LogP contribution < -0.4 is 5.73 Å². The molecular weight excluding hydrogens is 318 g/mol. The molecule has 2 aliphatic rings. The van der Waals surface area contributed by atoms with Gasteiger partial charge in [0.2, 0.25) is 6.29 Å². The van der Waals surface area contributed by atoms with Crippen LogP contribution in [-0.4, -0.2) is 110 Å². The van der Waals surface area contributed by atoms with Crippen molar-refractivity contribution < 1.29 is 55.7 Å². The lowest BCUT2D eigenvalue weighted by Gasteiger charge is -2.44. The number of quaternary nitrogens is 1. The molecule has 2 fully saturated rings. The smallest absolute Gasteiger partial charge is 0.211 e. The minimum Gasteiger partial charge on any atom is -0.394 e. The van der Waals surface area contributed by atoms with E-state index in [0.29, 0.717) is 0 Å². The van der Waals surface area contributed by atoms with E-state index < -0.39 is 74.6 Å². The summed E-state index contributed by atoms with van der Waals surface area (Å²) in [5.74, 6) is 0. The fraction of sp³-hybridized carbons (Fsp3) is 1.00. The lowest BCUT2D eigenvalue weighted by Crippen LogP contribution is -2.78. The van der Waals surface area contributed by atoms with Crippen molar-refractivity contribution in [3.05, 3.63) is 0 Å². The molecule has 0 saturated carbocycles. The zero-order valence-corrected chi connectivity index (χ0v) is 12.3. The van der Waals surface area contributed by atoms with Crippen molar-refractivity contribution in [2.45, 2.75) is 61.3 Å². The summed E-state index contributed by atoms with van der Waals surface area (Å²) in [5, 5.41) is 67.5. The average molecular weight is 342 g/mol. The highest BCUT2D eigenvalue weighted by atomic mass is 16.7. The third kappa shape index (κ3) is 3.65. The molecule has 0 bridgehead atoms. The van der Waals surface area contributed by atoms with Crippen LogP contribution in [0.1, 0.15) is 0 Å². The normalized spacial score (nSPS) is 51.7. The molecule has 0 aromatic heterocycles. The maximum Gasteiger partial charge on any atom is 0.211 e. The Balaban J connectivity index is 2.11. The van der Waals surface area contributed by atoms with Gasteiger partial charge in [0.15, 0.2) is 12.3 Å². The molecule has 11 heteroatoms. The largest absolute Gasteiger partial charge is 0.394 e. The number of rotatable bonds is 4. The second-order valence-electron chi connectivity index (χ2n) is 5.70. The van der Waals surface area contributed by atoms with Crippen LogP contribution in [0.15, 0.2) is 0 Å². The lowest BCUT2D eigenvalue weighted by molar-refractivity contribution is -0.502. The Kier molecular flexibility index (Phi) is 6.27. The standard InChI is InChI=1S/C12H23NO10/c13-5-7(17)10(4(2-15)21-11(5)20)23-12-9(19)8(18)6(16)3(1-14)22-12/h3-12,14-20H,1-2,13H2/p+1/t3?,4?,5?,6-,7?,8-,9?,10?,11+,12-/m0/s1. The van der Waals surface area contributed by atoms with Gasteiger partial charge in [-0.05, 0) is 0 Å². The van der Waals surface area contributed by atoms with Crippen LogP contribution in [-0.2, 0) is 14.2 Å². The molecule has 0 aromatic carbocycles. The molecule has 2 rings (SSSR count). The van der Waals surface area contributed by atoms with Crippen LogP contribution in [0.25, 0.3) is 0 Å². The summed E-state index contributed by atoms with van der Waals surface area (Å²) in [7, 11) is 0. The molecule has 2 saturated heterocycles. The molecule has 2 aliphatic heterocycles. The molecule has 11 nitrogen and oxygen atoms in total. The molecule has 2 heterocycles. The van der Waals surface area contributed by atoms with Crippen molar-refractivity contribution in [3.8, 4) is 0 Å². The maximum absolute atomic E-state index is 10.1. The van der Waals surface area contributed by atoms with Gasteiger partial charge >= 0.3 is 0 Å². The van der Waals surface area contributed by atoms with Gasteiger partial charge in [0.05, 0.1) is 13.2 Å². The highest BCUT2D eigenvalue weighted by Gasteiger charge is 2.50. The fourth-order valence-electron chi connectivity index (χ4n) is 2.64. The Morgan fingerprint density at radius 2 is 1.39 bits per heavy atom. The second kappa shape index (κ2) is 7.63. The first kappa shape index (κ1) is 18.9. The van der Waals surface area contributed by atoms with E-state index in [-0.39, 0.29) is 0 Å². The van der Waals surface area contributed by atoms with Crippen molar-refractivity contribution in [1.29, 1.82) is 0 Å². The highest BCUT2D eigenvalue weighted by Crippen LogP contribution is 2.27. The van der Waals surface area contributed by atoms with Gasteiger partial charge in [-0.3, -0.25) is 0 Å². The van der Waals surface area contributed by atoms with E-state index in [9.17, 15) is 30.6 Å². The van der Waals surface area contributed by atoms with E-state index in [1.807, 2.05) is 0 Å². The van der Waals surface area contributed by atoms with Gasteiger partial charge in [0.1, 0.15) is 42.7 Å². The Morgan fingerprint density at radius 1 is 0.783 bits per heavy atom. The minimum atomic E-state index is -1.66. The summed E-state index contributed by atoms with van der Waals surface area (Å²) in [4.78, 5) is 0. The molecule has 0 aromatic rings. The van der Waals surface area contributed by atoms with Gasteiger partial charge in [-0.1, -0.05) is 0 Å². The van der Waals surface area contributed by atoms with Crippen molar-refractivity contribution in [2.75, 3.05) is 13.2 Å². The molecule has 0 aliphatic carbocycles. The summed E-state index contributed by atoms with van der Waals surface area (Å²) < 4.78 is 15.6. The number of aliphatic hydroxyl groups excluding tert-OH is 7. The predicted molar refractivity (Wildman–Crippen MR) is 69.3 cm³/mol. The maximum atomic E-state index is 10.1. The van der Waals surface area contributed by atoms with E-state index in [4.69, 9.17) is 19.3 Å². The quantitative estimate of drug-likeness (QED) is 0.243.